The van der Waals surface area contributed by atoms with E-state index in [0.29, 0.717) is 0 Å². The fourth-order valence-electron chi connectivity index (χ4n) is 1.76. The van der Waals surface area contributed by atoms with Crippen LogP contribution in [0.1, 0.15) is 64.2 Å². The van der Waals surface area contributed by atoms with Gasteiger partial charge in [0.05, 0.1) is 0 Å². The number of hydrogen-bond acceptors (Lipinski definition) is 0. The molecule has 0 aliphatic rings. The molecule has 0 spiro atoms. The lowest BCUT2D eigenvalue weighted by molar-refractivity contribution is 0.563. The quantitative estimate of drug-likeness (QED) is 0.295. The van der Waals surface area contributed by atoms with Gasteiger partial charge in [-0.1, -0.05) is 80.0 Å². The van der Waals surface area contributed by atoms with E-state index in [1.165, 1.54) is 75.9 Å². The molecule has 84 valence electrons. The third-order valence-electron chi connectivity index (χ3n) is 2.74. The molecular weight excluding hydrogens is 235 g/mol. The van der Waals surface area contributed by atoms with Crippen molar-refractivity contribution in [3.05, 3.63) is 0 Å². The molecule has 0 radical (unpaired) electrons. The maximum Gasteiger partial charge on any atom is 0.101 e. The Labute approximate surface area is 99.8 Å². The highest BCUT2D eigenvalue weighted by Crippen LogP contribution is 2.11. The summed E-state index contributed by atoms with van der Waals surface area (Å²) in [6.45, 7) is 0. The minimum atomic E-state index is 1.18. The van der Waals surface area contributed by atoms with Crippen molar-refractivity contribution >= 4 is 23.8 Å². The van der Waals surface area contributed by atoms with Gasteiger partial charge in [-0.15, -0.1) is 0 Å². The van der Waals surface area contributed by atoms with Crippen molar-refractivity contribution in [2.75, 3.05) is 5.33 Å². The van der Waals surface area contributed by atoms with E-state index in [2.05, 4.69) is 23.8 Å². The Kier molecular flexibility index (Phi) is 14.1. The molecule has 0 aliphatic heterocycles. The number of unbranched alkanes of at least 4 members (excludes halogenated alkanes) is 9. The molecule has 0 heterocycles. The largest absolute Gasteiger partial charge is 0.101 e. The van der Waals surface area contributed by atoms with Gasteiger partial charge in [0.15, 0.2) is 0 Å². The molecule has 0 atom stereocenters. The SMILES string of the molecule is BCCCCCCCCCCCCBr. The van der Waals surface area contributed by atoms with Crippen molar-refractivity contribution in [1.29, 1.82) is 0 Å². The molecule has 0 aromatic rings. The van der Waals surface area contributed by atoms with E-state index in [0.717, 1.165) is 0 Å². The Morgan fingerprint density at radius 2 is 0.929 bits per heavy atom. The Bertz CT molecular complexity index is 84.3. The topological polar surface area (TPSA) is 0 Å². The highest BCUT2D eigenvalue weighted by atomic mass is 79.9. The lowest BCUT2D eigenvalue weighted by Crippen LogP contribution is -1.82. The Hall–Kier alpha value is 0.545. The van der Waals surface area contributed by atoms with Crippen molar-refractivity contribution in [1.82, 2.24) is 0 Å². The lowest BCUT2D eigenvalue weighted by Gasteiger charge is -2.01. The van der Waals surface area contributed by atoms with Crippen LogP contribution in [-0.4, -0.2) is 13.2 Å². The highest BCUT2D eigenvalue weighted by Gasteiger charge is 1.91. The fraction of sp³-hybridized carbons (Fsp3) is 1.00. The van der Waals surface area contributed by atoms with Gasteiger partial charge in [-0.3, -0.25) is 0 Å². The second-order valence-corrected chi connectivity index (χ2v) is 5.02. The molecule has 0 aromatic heterocycles. The molecule has 0 saturated carbocycles. The molecule has 0 amide bonds. The molecule has 0 bridgehead atoms. The first-order chi connectivity index (χ1) is 6.91. The van der Waals surface area contributed by atoms with E-state index in [-0.39, 0.29) is 0 Å². The van der Waals surface area contributed by atoms with Gasteiger partial charge in [-0.05, 0) is 6.42 Å². The fourth-order valence-corrected chi connectivity index (χ4v) is 2.16. The van der Waals surface area contributed by atoms with Crippen LogP contribution in [0, 0.1) is 0 Å². The first-order valence-electron chi connectivity index (χ1n) is 6.47. The summed E-state index contributed by atoms with van der Waals surface area (Å²) in [7, 11) is 2.28. The number of rotatable bonds is 11. The molecule has 0 N–H and O–H groups in total. The van der Waals surface area contributed by atoms with E-state index < -0.39 is 0 Å². The summed E-state index contributed by atoms with van der Waals surface area (Å²) in [6.07, 6.45) is 15.8. The van der Waals surface area contributed by atoms with Crippen molar-refractivity contribution < 1.29 is 0 Å². The molecule has 14 heavy (non-hydrogen) atoms. The molecule has 0 aromatic carbocycles. The van der Waals surface area contributed by atoms with E-state index >= 15 is 0 Å². The monoisotopic (exact) mass is 260 g/mol. The van der Waals surface area contributed by atoms with Gasteiger partial charge >= 0.3 is 0 Å². The summed E-state index contributed by atoms with van der Waals surface area (Å²) < 4.78 is 0. The average Bonchev–Trinajstić information content (AvgIpc) is 2.21. The minimum absolute atomic E-state index is 1.18. The van der Waals surface area contributed by atoms with Crippen LogP contribution in [0.5, 0.6) is 0 Å². The first kappa shape index (κ1) is 14.5. The Morgan fingerprint density at radius 1 is 0.571 bits per heavy atom. The first-order valence-corrected chi connectivity index (χ1v) is 7.60. The Morgan fingerprint density at radius 3 is 1.29 bits per heavy atom. The van der Waals surface area contributed by atoms with Gasteiger partial charge in [0.25, 0.3) is 0 Å². The third kappa shape index (κ3) is 12.5. The lowest BCUT2D eigenvalue weighted by atomic mass is 9.98. The number of halogens is 1. The van der Waals surface area contributed by atoms with E-state index in [4.69, 9.17) is 0 Å². The van der Waals surface area contributed by atoms with Crippen LogP contribution in [0.4, 0.5) is 0 Å². The van der Waals surface area contributed by atoms with Crippen LogP contribution in [0.25, 0.3) is 0 Å². The predicted octanol–water partition coefficient (Wildman–Crippen LogP) is 4.33. The Balaban J connectivity index is 2.78. The molecule has 0 saturated heterocycles. The van der Waals surface area contributed by atoms with Crippen LogP contribution in [0.2, 0.25) is 6.32 Å². The maximum absolute atomic E-state index is 3.47. The predicted molar refractivity (Wildman–Crippen MR) is 73.3 cm³/mol. The van der Waals surface area contributed by atoms with Gasteiger partial charge < -0.3 is 0 Å². The van der Waals surface area contributed by atoms with Gasteiger partial charge in [0.2, 0.25) is 0 Å². The maximum atomic E-state index is 3.47. The smallest absolute Gasteiger partial charge is 0.0928 e. The summed E-state index contributed by atoms with van der Waals surface area (Å²) in [6, 6.07) is 0. The molecule has 2 heteroatoms. The zero-order chi connectivity index (χ0) is 10.5. The van der Waals surface area contributed by atoms with E-state index in [1.54, 1.807) is 0 Å². The average molecular weight is 261 g/mol. The summed E-state index contributed by atoms with van der Waals surface area (Å²) in [4.78, 5) is 0. The van der Waals surface area contributed by atoms with Crippen LogP contribution >= 0.6 is 15.9 Å². The highest BCUT2D eigenvalue weighted by molar-refractivity contribution is 9.09. The second kappa shape index (κ2) is 13.5. The van der Waals surface area contributed by atoms with Crippen molar-refractivity contribution in [3.8, 4) is 0 Å². The second-order valence-electron chi connectivity index (χ2n) is 4.22. The molecule has 0 rings (SSSR count). The summed E-state index contributed by atoms with van der Waals surface area (Å²) in [5, 5.41) is 1.18. The third-order valence-corrected chi connectivity index (χ3v) is 3.30. The molecule has 0 nitrogen and oxygen atoms in total. The summed E-state index contributed by atoms with van der Waals surface area (Å²) in [5.41, 5.74) is 0. The number of hydrogen-bond donors (Lipinski definition) is 0. The molecule has 0 unspecified atom stereocenters. The van der Waals surface area contributed by atoms with Gasteiger partial charge in [0.1, 0.15) is 7.85 Å². The van der Waals surface area contributed by atoms with E-state index in [1.807, 2.05) is 0 Å². The van der Waals surface area contributed by atoms with Crippen molar-refractivity contribution in [3.63, 3.8) is 0 Å². The van der Waals surface area contributed by atoms with E-state index in [9.17, 15) is 0 Å². The molecule has 0 fully saturated rings. The summed E-state index contributed by atoms with van der Waals surface area (Å²) >= 11 is 3.47. The molecular formula is C12H26BBr. The normalized spacial score (nSPS) is 10.6. The standard InChI is InChI=1S/C12H26BBr/c13-11-9-7-5-3-1-2-4-6-8-10-12-14/h1-13H2. The zero-order valence-electron chi connectivity index (χ0n) is 9.86. The van der Waals surface area contributed by atoms with Gasteiger partial charge in [-0.2, -0.15) is 0 Å². The van der Waals surface area contributed by atoms with Crippen LogP contribution in [0.15, 0.2) is 0 Å². The number of alkyl halides is 1. The summed E-state index contributed by atoms with van der Waals surface area (Å²) in [5.74, 6) is 0. The molecule has 0 aliphatic carbocycles. The zero-order valence-corrected chi connectivity index (χ0v) is 11.4. The van der Waals surface area contributed by atoms with Gasteiger partial charge in [0, 0.05) is 5.33 Å². The minimum Gasteiger partial charge on any atom is -0.0928 e. The van der Waals surface area contributed by atoms with Gasteiger partial charge in [-0.25, -0.2) is 0 Å². The van der Waals surface area contributed by atoms with Crippen molar-refractivity contribution in [2.45, 2.75) is 70.5 Å². The van der Waals surface area contributed by atoms with Crippen molar-refractivity contribution in [2.24, 2.45) is 0 Å². The van der Waals surface area contributed by atoms with Crippen LogP contribution in [-0.2, 0) is 0 Å². The van der Waals surface area contributed by atoms with Crippen LogP contribution in [0.3, 0.4) is 0 Å². The van der Waals surface area contributed by atoms with Crippen LogP contribution < -0.4 is 0 Å².